The number of carbonyl (C=O) groups excluding carboxylic acids is 2. The summed E-state index contributed by atoms with van der Waals surface area (Å²) in [6, 6.07) is 9.83. The number of hydrogen-bond acceptors (Lipinski definition) is 10. The number of hydrogen-bond donors (Lipinski definition) is 6. The van der Waals surface area contributed by atoms with Gasteiger partial charge in [-0.15, -0.1) is 0 Å². The fourth-order valence-corrected chi connectivity index (χ4v) is 2.52. The summed E-state index contributed by atoms with van der Waals surface area (Å²) in [7, 11) is 0. The highest BCUT2D eigenvalue weighted by atomic mass is 16.6. The van der Waals surface area contributed by atoms with Gasteiger partial charge in [-0.3, -0.25) is 0 Å². The monoisotopic (exact) mass is 422 g/mol. The van der Waals surface area contributed by atoms with Gasteiger partial charge in [0.2, 0.25) is 0 Å². The Labute approximate surface area is 171 Å². The summed E-state index contributed by atoms with van der Waals surface area (Å²) in [4.78, 5) is 24.8. The van der Waals surface area contributed by atoms with E-state index in [1.54, 1.807) is 0 Å². The van der Waals surface area contributed by atoms with Gasteiger partial charge < -0.3 is 40.1 Å². The molecule has 30 heavy (non-hydrogen) atoms. The van der Waals surface area contributed by atoms with Crippen LogP contribution in [0.2, 0.25) is 0 Å². The summed E-state index contributed by atoms with van der Waals surface area (Å²) < 4.78 is 10.3. The molecule has 0 bridgehead atoms. The molecular formula is C20H22O10. The van der Waals surface area contributed by atoms with E-state index in [4.69, 9.17) is 9.47 Å². The largest absolute Gasteiger partial charge is 0.508 e. The van der Waals surface area contributed by atoms with Crippen molar-refractivity contribution in [2.24, 2.45) is 0 Å². The number of carbonyl (C=O) groups is 2. The van der Waals surface area contributed by atoms with Crippen molar-refractivity contribution in [3.8, 4) is 11.5 Å². The molecule has 10 nitrogen and oxygen atoms in total. The van der Waals surface area contributed by atoms with E-state index >= 15 is 0 Å². The van der Waals surface area contributed by atoms with E-state index in [9.17, 15) is 40.2 Å². The standard InChI is InChI=1S/C20H22O10/c21-9-15(25)17(29-19(27)11-1-5-13(23)6-2-11)18(16(26)10-22)30-20(28)12-3-7-14(24)8-4-12/h1-8,15-18,21-26H,9-10H2/t15-,16-,17-,18-/m1/s1. The molecule has 0 aliphatic heterocycles. The summed E-state index contributed by atoms with van der Waals surface area (Å²) >= 11 is 0. The molecule has 162 valence electrons. The van der Waals surface area contributed by atoms with Gasteiger partial charge in [-0.2, -0.15) is 0 Å². The van der Waals surface area contributed by atoms with Crippen LogP contribution in [0.4, 0.5) is 0 Å². The Balaban J connectivity index is 2.27. The molecule has 4 atom stereocenters. The third kappa shape index (κ3) is 5.91. The molecule has 0 aromatic heterocycles. The summed E-state index contributed by atoms with van der Waals surface area (Å²) in [5.41, 5.74) is -0.0462. The molecule has 0 saturated heterocycles. The first kappa shape index (κ1) is 23.1. The molecule has 0 fully saturated rings. The number of phenols is 2. The molecule has 0 saturated carbocycles. The molecule has 0 spiro atoms. The van der Waals surface area contributed by atoms with Crippen molar-refractivity contribution in [1.29, 1.82) is 0 Å². The lowest BCUT2D eigenvalue weighted by Crippen LogP contribution is -2.51. The van der Waals surface area contributed by atoms with Crippen molar-refractivity contribution in [3.63, 3.8) is 0 Å². The van der Waals surface area contributed by atoms with Crippen LogP contribution in [-0.4, -0.2) is 80.2 Å². The minimum absolute atomic E-state index is 0.0231. The van der Waals surface area contributed by atoms with Gasteiger partial charge in [0, 0.05) is 0 Å². The number of esters is 2. The quantitative estimate of drug-likeness (QED) is 0.291. The number of aliphatic hydroxyl groups is 4. The van der Waals surface area contributed by atoms with E-state index in [2.05, 4.69) is 0 Å². The summed E-state index contributed by atoms with van der Waals surface area (Å²) in [6.07, 6.45) is -6.99. The second-order valence-corrected chi connectivity index (χ2v) is 6.33. The van der Waals surface area contributed by atoms with Gasteiger partial charge in [-0.05, 0) is 48.5 Å². The zero-order chi connectivity index (χ0) is 22.3. The van der Waals surface area contributed by atoms with Crippen molar-refractivity contribution in [3.05, 3.63) is 59.7 Å². The number of ether oxygens (including phenoxy) is 2. The van der Waals surface area contributed by atoms with E-state index in [0.29, 0.717) is 0 Å². The number of benzene rings is 2. The Morgan fingerprint density at radius 3 is 1.23 bits per heavy atom. The lowest BCUT2D eigenvalue weighted by atomic mass is 10.0. The molecule has 10 heteroatoms. The SMILES string of the molecule is O=C(O[C@@H]([C@H](OC(=O)c1ccc(O)cc1)[C@H](O)CO)[C@H](O)CO)c1ccc(O)cc1. The molecule has 0 aliphatic carbocycles. The van der Waals surface area contributed by atoms with Crippen LogP contribution in [0, 0.1) is 0 Å². The number of rotatable bonds is 9. The van der Waals surface area contributed by atoms with Crippen LogP contribution in [0.5, 0.6) is 11.5 Å². The zero-order valence-electron chi connectivity index (χ0n) is 15.7. The summed E-state index contributed by atoms with van der Waals surface area (Å²) in [5.74, 6) is -2.20. The average molecular weight is 422 g/mol. The maximum absolute atomic E-state index is 12.4. The first-order valence-electron chi connectivity index (χ1n) is 8.84. The molecule has 0 aliphatic rings. The Hall–Kier alpha value is -3.18. The second kappa shape index (κ2) is 10.6. The third-order valence-corrected chi connectivity index (χ3v) is 4.15. The molecule has 0 radical (unpaired) electrons. The van der Waals surface area contributed by atoms with Crippen molar-refractivity contribution < 1.29 is 49.7 Å². The molecule has 0 unspecified atom stereocenters. The van der Waals surface area contributed by atoms with Crippen molar-refractivity contribution in [2.75, 3.05) is 13.2 Å². The van der Waals surface area contributed by atoms with Crippen molar-refractivity contribution >= 4 is 11.9 Å². The average Bonchev–Trinajstić information content (AvgIpc) is 2.75. The number of aromatic hydroxyl groups is 2. The summed E-state index contributed by atoms with van der Waals surface area (Å²) in [6.45, 7) is -1.81. The Kier molecular flexibility index (Phi) is 8.13. The highest BCUT2D eigenvalue weighted by Gasteiger charge is 2.39. The van der Waals surface area contributed by atoms with E-state index in [1.807, 2.05) is 0 Å². The maximum atomic E-state index is 12.4. The third-order valence-electron chi connectivity index (χ3n) is 4.15. The van der Waals surface area contributed by atoms with Crippen LogP contribution < -0.4 is 0 Å². The predicted octanol–water partition coefficient (Wildman–Crippen LogP) is -0.445. The highest BCUT2D eigenvalue weighted by molar-refractivity contribution is 5.90. The predicted molar refractivity (Wildman–Crippen MR) is 101 cm³/mol. The minimum atomic E-state index is -1.76. The number of aliphatic hydroxyl groups excluding tert-OH is 4. The maximum Gasteiger partial charge on any atom is 0.338 e. The lowest BCUT2D eigenvalue weighted by molar-refractivity contribution is -0.132. The lowest BCUT2D eigenvalue weighted by Gasteiger charge is -2.32. The Morgan fingerprint density at radius 1 is 0.667 bits per heavy atom. The Morgan fingerprint density at radius 2 is 0.967 bits per heavy atom. The molecule has 0 amide bonds. The van der Waals surface area contributed by atoms with E-state index < -0.39 is 49.6 Å². The first-order chi connectivity index (χ1) is 14.3. The molecule has 6 N–H and O–H groups in total. The van der Waals surface area contributed by atoms with Gasteiger partial charge in [0.15, 0.2) is 12.2 Å². The molecule has 2 aromatic rings. The van der Waals surface area contributed by atoms with Crippen molar-refractivity contribution in [2.45, 2.75) is 24.4 Å². The minimum Gasteiger partial charge on any atom is -0.508 e. The van der Waals surface area contributed by atoms with Crippen LogP contribution in [0.25, 0.3) is 0 Å². The molecule has 2 aromatic carbocycles. The van der Waals surface area contributed by atoms with Crippen LogP contribution in [0.1, 0.15) is 20.7 Å². The van der Waals surface area contributed by atoms with Gasteiger partial charge in [0.25, 0.3) is 0 Å². The van der Waals surface area contributed by atoms with Gasteiger partial charge in [0.1, 0.15) is 23.7 Å². The van der Waals surface area contributed by atoms with E-state index in [1.165, 1.54) is 48.5 Å². The fraction of sp³-hybridized carbons (Fsp3) is 0.300. The van der Waals surface area contributed by atoms with Gasteiger partial charge >= 0.3 is 11.9 Å². The first-order valence-corrected chi connectivity index (χ1v) is 8.84. The second-order valence-electron chi connectivity index (χ2n) is 6.33. The van der Waals surface area contributed by atoms with E-state index in [-0.39, 0.29) is 22.6 Å². The van der Waals surface area contributed by atoms with Crippen molar-refractivity contribution in [1.82, 2.24) is 0 Å². The van der Waals surface area contributed by atoms with Gasteiger partial charge in [-0.25, -0.2) is 9.59 Å². The van der Waals surface area contributed by atoms with Gasteiger partial charge in [-0.1, -0.05) is 0 Å². The zero-order valence-corrected chi connectivity index (χ0v) is 15.7. The van der Waals surface area contributed by atoms with Crippen LogP contribution in [0.15, 0.2) is 48.5 Å². The van der Waals surface area contributed by atoms with Crippen LogP contribution in [0.3, 0.4) is 0 Å². The normalized spacial score (nSPS) is 14.9. The topological polar surface area (TPSA) is 174 Å². The molecular weight excluding hydrogens is 400 g/mol. The summed E-state index contributed by atoms with van der Waals surface area (Å²) in [5, 5.41) is 57.5. The Bertz CT molecular complexity index is 762. The van der Waals surface area contributed by atoms with Gasteiger partial charge in [0.05, 0.1) is 24.3 Å². The number of phenolic OH excluding ortho intramolecular Hbond substituents is 2. The highest BCUT2D eigenvalue weighted by Crippen LogP contribution is 2.20. The van der Waals surface area contributed by atoms with Crippen LogP contribution >= 0.6 is 0 Å². The fourth-order valence-electron chi connectivity index (χ4n) is 2.52. The van der Waals surface area contributed by atoms with E-state index in [0.717, 1.165) is 0 Å². The molecule has 0 heterocycles. The van der Waals surface area contributed by atoms with Crippen LogP contribution in [-0.2, 0) is 9.47 Å². The molecule has 2 rings (SSSR count). The smallest absolute Gasteiger partial charge is 0.338 e.